The molecule has 0 bridgehead atoms. The van der Waals surface area contributed by atoms with Gasteiger partial charge in [0.2, 0.25) is 0 Å². The normalized spacial score (nSPS) is 9.19. The van der Waals surface area contributed by atoms with E-state index in [0.717, 1.165) is 0 Å². The van der Waals surface area contributed by atoms with Crippen molar-refractivity contribution in [1.82, 2.24) is 4.98 Å². The maximum atomic E-state index is 10.8. The van der Waals surface area contributed by atoms with Crippen LogP contribution < -0.4 is 4.74 Å². The van der Waals surface area contributed by atoms with Crippen molar-refractivity contribution in [2.45, 2.75) is 20.5 Å². The maximum Gasteiger partial charge on any atom is 0.308 e. The summed E-state index contributed by atoms with van der Waals surface area (Å²) < 4.78 is 4.87. The molecule has 6 heteroatoms. The van der Waals surface area contributed by atoms with E-state index in [1.807, 2.05) is 0 Å². The van der Waals surface area contributed by atoms with E-state index < -0.39 is 5.97 Å². The number of aryl methyl sites for hydroxylation is 1. The van der Waals surface area contributed by atoms with Crippen molar-refractivity contribution in [1.29, 1.82) is 0 Å². The summed E-state index contributed by atoms with van der Waals surface area (Å²) in [5, 5.41) is 8.96. The van der Waals surface area contributed by atoms with E-state index >= 15 is 0 Å². The minimum atomic E-state index is -0.530. The molecule has 1 heterocycles. The number of pyridine rings is 1. The summed E-state index contributed by atoms with van der Waals surface area (Å²) >= 11 is 0. The van der Waals surface area contributed by atoms with E-state index in [-0.39, 0.29) is 36.5 Å². The standard InChI is InChI=1S/C10H11NO4.V/c1-6-10(15-7(2)14)9(5-13)8(4-12)3-11-6;/h3,5,12H,4H2,1-2H3;. The number of carbonyl (C=O) groups is 2. The first-order chi connectivity index (χ1) is 7.10. The Hall–Kier alpha value is -1.17. The summed E-state index contributed by atoms with van der Waals surface area (Å²) in [6.07, 6.45) is 1.92. The largest absolute Gasteiger partial charge is 0.424 e. The predicted molar refractivity (Wildman–Crippen MR) is 51.6 cm³/mol. The van der Waals surface area contributed by atoms with Gasteiger partial charge in [0.05, 0.1) is 17.9 Å². The molecule has 0 fully saturated rings. The molecular weight excluding hydrogens is 249 g/mol. The van der Waals surface area contributed by atoms with Crippen LogP contribution in [0.2, 0.25) is 0 Å². The molecule has 5 nitrogen and oxygen atoms in total. The smallest absolute Gasteiger partial charge is 0.308 e. The second-order valence-electron chi connectivity index (χ2n) is 2.98. The molecule has 0 aliphatic carbocycles. The topological polar surface area (TPSA) is 76.5 Å². The number of carbonyl (C=O) groups excluding carboxylic acids is 2. The Bertz CT molecular complexity index is 406. The van der Waals surface area contributed by atoms with E-state index in [1.54, 1.807) is 6.92 Å². The van der Waals surface area contributed by atoms with Crippen molar-refractivity contribution in [3.8, 4) is 5.75 Å². The first-order valence-electron chi connectivity index (χ1n) is 4.33. The molecule has 1 aromatic heterocycles. The molecule has 1 aromatic rings. The molecular formula is C10H11NO4V. The Morgan fingerprint density at radius 1 is 1.62 bits per heavy atom. The van der Waals surface area contributed by atoms with Gasteiger partial charge < -0.3 is 9.84 Å². The predicted octanol–water partition coefficient (Wildman–Crippen LogP) is 0.618. The van der Waals surface area contributed by atoms with Crippen molar-refractivity contribution >= 4 is 12.3 Å². The van der Waals surface area contributed by atoms with Gasteiger partial charge in [-0.25, -0.2) is 0 Å². The van der Waals surface area contributed by atoms with E-state index in [2.05, 4.69) is 4.98 Å². The van der Waals surface area contributed by atoms with Gasteiger partial charge >= 0.3 is 5.97 Å². The van der Waals surface area contributed by atoms with E-state index in [0.29, 0.717) is 17.5 Å². The molecule has 0 saturated carbocycles. The number of hydrogen-bond acceptors (Lipinski definition) is 5. The van der Waals surface area contributed by atoms with Crippen LogP contribution >= 0.6 is 0 Å². The average Bonchev–Trinajstić information content (AvgIpc) is 2.20. The van der Waals surface area contributed by atoms with Crippen molar-refractivity contribution in [2.75, 3.05) is 0 Å². The van der Waals surface area contributed by atoms with Crippen LogP contribution in [-0.4, -0.2) is 22.3 Å². The maximum absolute atomic E-state index is 10.8. The van der Waals surface area contributed by atoms with Gasteiger partial charge in [0, 0.05) is 37.2 Å². The quantitative estimate of drug-likeness (QED) is 0.636. The second kappa shape index (κ2) is 6.42. The summed E-state index contributed by atoms with van der Waals surface area (Å²) in [4.78, 5) is 25.5. The molecule has 0 aliphatic heterocycles. The molecule has 1 rings (SSSR count). The fourth-order valence-electron chi connectivity index (χ4n) is 1.17. The molecule has 1 radical (unpaired) electrons. The molecule has 85 valence electrons. The first kappa shape index (κ1) is 14.8. The zero-order chi connectivity index (χ0) is 11.4. The monoisotopic (exact) mass is 260 g/mol. The fraction of sp³-hybridized carbons (Fsp3) is 0.300. The van der Waals surface area contributed by atoms with Crippen LogP contribution in [0.1, 0.15) is 28.5 Å². The van der Waals surface area contributed by atoms with Gasteiger partial charge in [0.1, 0.15) is 0 Å². The van der Waals surface area contributed by atoms with Crippen LogP contribution in [-0.2, 0) is 30.0 Å². The third-order valence-corrected chi connectivity index (χ3v) is 1.87. The second-order valence-corrected chi connectivity index (χ2v) is 2.98. The average molecular weight is 260 g/mol. The van der Waals surface area contributed by atoms with Gasteiger partial charge in [-0.15, -0.1) is 0 Å². The number of aldehydes is 1. The van der Waals surface area contributed by atoms with Crippen LogP contribution in [0.25, 0.3) is 0 Å². The van der Waals surface area contributed by atoms with Crippen molar-refractivity contribution < 1.29 is 38.0 Å². The van der Waals surface area contributed by atoms with E-state index in [9.17, 15) is 9.59 Å². The first-order valence-corrected chi connectivity index (χ1v) is 4.33. The third-order valence-electron chi connectivity index (χ3n) is 1.87. The van der Waals surface area contributed by atoms with Gasteiger partial charge in [-0.05, 0) is 6.92 Å². The van der Waals surface area contributed by atoms with Crippen LogP contribution in [0.5, 0.6) is 5.75 Å². The number of rotatable bonds is 3. The van der Waals surface area contributed by atoms with Crippen LogP contribution in [0, 0.1) is 6.92 Å². The molecule has 0 spiro atoms. The summed E-state index contributed by atoms with van der Waals surface area (Å²) in [6, 6.07) is 0. The molecule has 1 N–H and O–H groups in total. The number of nitrogens with zero attached hydrogens (tertiary/aromatic N) is 1. The molecule has 0 atom stereocenters. The Labute approximate surface area is 105 Å². The number of esters is 1. The minimum Gasteiger partial charge on any atom is -0.424 e. The summed E-state index contributed by atoms with van der Waals surface area (Å²) in [5.41, 5.74) is 0.941. The number of aliphatic hydroxyl groups is 1. The molecule has 0 amide bonds. The van der Waals surface area contributed by atoms with Gasteiger partial charge in [-0.3, -0.25) is 14.6 Å². The zero-order valence-corrected chi connectivity index (χ0v) is 10.3. The SMILES string of the molecule is CC(=O)Oc1c(C)ncc(CO)c1C=O.[V]. The number of aromatic nitrogens is 1. The van der Waals surface area contributed by atoms with Gasteiger partial charge in [-0.2, -0.15) is 0 Å². The number of aliphatic hydroxyl groups excluding tert-OH is 1. The van der Waals surface area contributed by atoms with Crippen LogP contribution in [0.15, 0.2) is 6.20 Å². The van der Waals surface area contributed by atoms with Crippen LogP contribution in [0.3, 0.4) is 0 Å². The minimum absolute atomic E-state index is 0. The number of ether oxygens (including phenoxy) is 1. The summed E-state index contributed by atoms with van der Waals surface area (Å²) in [6.45, 7) is 2.53. The van der Waals surface area contributed by atoms with Gasteiger partial charge in [0.25, 0.3) is 0 Å². The zero-order valence-electron chi connectivity index (χ0n) is 8.93. The summed E-state index contributed by atoms with van der Waals surface area (Å²) in [7, 11) is 0. The molecule has 0 aliphatic rings. The third kappa shape index (κ3) is 3.16. The van der Waals surface area contributed by atoms with E-state index in [4.69, 9.17) is 9.84 Å². The van der Waals surface area contributed by atoms with Crippen LogP contribution in [0.4, 0.5) is 0 Å². The van der Waals surface area contributed by atoms with Gasteiger partial charge in [-0.1, -0.05) is 0 Å². The van der Waals surface area contributed by atoms with Crippen molar-refractivity contribution in [3.05, 3.63) is 23.0 Å². The Morgan fingerprint density at radius 2 is 2.25 bits per heavy atom. The van der Waals surface area contributed by atoms with Gasteiger partial charge in [0.15, 0.2) is 12.0 Å². The number of hydrogen-bond donors (Lipinski definition) is 1. The Kier molecular flexibility index (Phi) is 5.96. The Morgan fingerprint density at radius 3 is 2.69 bits per heavy atom. The molecule has 0 unspecified atom stereocenters. The molecule has 0 saturated heterocycles. The fourth-order valence-corrected chi connectivity index (χ4v) is 1.17. The van der Waals surface area contributed by atoms with Crippen molar-refractivity contribution in [3.63, 3.8) is 0 Å². The molecule has 16 heavy (non-hydrogen) atoms. The summed E-state index contributed by atoms with van der Waals surface area (Å²) in [5.74, 6) is -0.415. The van der Waals surface area contributed by atoms with Crippen molar-refractivity contribution in [2.24, 2.45) is 0 Å². The molecule has 0 aromatic carbocycles. The van der Waals surface area contributed by atoms with E-state index in [1.165, 1.54) is 13.1 Å². The Balaban J connectivity index is 0.00000225.